The Bertz CT molecular complexity index is 434. The third kappa shape index (κ3) is 2.60. The van der Waals surface area contributed by atoms with Crippen molar-refractivity contribution < 1.29 is 4.79 Å². The fourth-order valence-electron chi connectivity index (χ4n) is 2.15. The van der Waals surface area contributed by atoms with Gasteiger partial charge in [0.25, 0.3) is 5.91 Å². The number of rotatable bonds is 4. The predicted octanol–water partition coefficient (Wildman–Crippen LogP) is 1.23. The Kier molecular flexibility index (Phi) is 3.09. The molecule has 5 heteroatoms. The minimum absolute atomic E-state index is 0.126. The number of carbonyl (C=O) groups is 1. The Balaban J connectivity index is 2.02. The number of hydrogen-bond acceptors (Lipinski definition) is 3. The number of carbonyl (C=O) groups excluding carboxylic acids is 1. The Labute approximate surface area is 101 Å². The van der Waals surface area contributed by atoms with Gasteiger partial charge < -0.3 is 11.1 Å². The van der Waals surface area contributed by atoms with Gasteiger partial charge in [0, 0.05) is 13.1 Å². The predicted molar refractivity (Wildman–Crippen MR) is 66.6 cm³/mol. The van der Waals surface area contributed by atoms with E-state index in [-0.39, 0.29) is 11.9 Å². The minimum atomic E-state index is -0.126. The average molecular weight is 236 g/mol. The summed E-state index contributed by atoms with van der Waals surface area (Å²) in [6.45, 7) is 3.84. The van der Waals surface area contributed by atoms with Gasteiger partial charge in [-0.25, -0.2) is 0 Å². The molecule has 1 unspecified atom stereocenters. The molecule has 2 rings (SSSR count). The SMILES string of the molecule is Cc1nn(C)c(C(=O)NC(C)CC2CC2)c1N. The molecule has 0 radical (unpaired) electrons. The quantitative estimate of drug-likeness (QED) is 0.825. The second-order valence-electron chi connectivity index (χ2n) is 5.02. The highest BCUT2D eigenvalue weighted by molar-refractivity contribution is 5.98. The van der Waals surface area contributed by atoms with Crippen LogP contribution in [0.25, 0.3) is 0 Å². The third-order valence-electron chi connectivity index (χ3n) is 3.24. The van der Waals surface area contributed by atoms with Crippen molar-refractivity contribution in [3.63, 3.8) is 0 Å². The summed E-state index contributed by atoms with van der Waals surface area (Å²) in [5.41, 5.74) is 7.49. The summed E-state index contributed by atoms with van der Waals surface area (Å²) in [6, 6.07) is 0.199. The van der Waals surface area contributed by atoms with Crippen LogP contribution in [-0.4, -0.2) is 21.7 Å². The Morgan fingerprint density at radius 2 is 2.29 bits per heavy atom. The van der Waals surface area contributed by atoms with Crippen molar-refractivity contribution in [1.82, 2.24) is 15.1 Å². The van der Waals surface area contributed by atoms with Gasteiger partial charge in [-0.05, 0) is 26.2 Å². The smallest absolute Gasteiger partial charge is 0.271 e. The fourth-order valence-corrected chi connectivity index (χ4v) is 2.15. The second-order valence-corrected chi connectivity index (χ2v) is 5.02. The molecule has 1 aromatic rings. The molecule has 1 aliphatic carbocycles. The number of anilines is 1. The summed E-state index contributed by atoms with van der Waals surface area (Å²) in [4.78, 5) is 12.1. The molecule has 3 N–H and O–H groups in total. The van der Waals surface area contributed by atoms with Crippen LogP contribution in [0, 0.1) is 12.8 Å². The maximum atomic E-state index is 12.1. The Morgan fingerprint density at radius 3 is 2.76 bits per heavy atom. The molecule has 17 heavy (non-hydrogen) atoms. The minimum Gasteiger partial charge on any atom is -0.395 e. The monoisotopic (exact) mass is 236 g/mol. The average Bonchev–Trinajstić information content (AvgIpc) is 2.96. The number of nitrogens with one attached hydrogen (secondary N) is 1. The number of amides is 1. The summed E-state index contributed by atoms with van der Waals surface area (Å²) in [6.07, 6.45) is 3.66. The van der Waals surface area contributed by atoms with E-state index in [1.54, 1.807) is 18.7 Å². The first kappa shape index (κ1) is 12.0. The van der Waals surface area contributed by atoms with Crippen LogP contribution in [0.3, 0.4) is 0 Å². The van der Waals surface area contributed by atoms with E-state index in [4.69, 9.17) is 5.73 Å². The molecule has 0 aromatic carbocycles. The molecule has 1 aromatic heterocycles. The van der Waals surface area contributed by atoms with Gasteiger partial charge in [-0.3, -0.25) is 9.48 Å². The van der Waals surface area contributed by atoms with Gasteiger partial charge >= 0.3 is 0 Å². The molecule has 0 saturated heterocycles. The van der Waals surface area contributed by atoms with Crippen LogP contribution < -0.4 is 11.1 Å². The molecule has 1 saturated carbocycles. The van der Waals surface area contributed by atoms with Crippen LogP contribution in [0.5, 0.6) is 0 Å². The van der Waals surface area contributed by atoms with E-state index in [2.05, 4.69) is 10.4 Å². The number of hydrogen-bond donors (Lipinski definition) is 2. The Morgan fingerprint density at radius 1 is 1.65 bits per heavy atom. The number of aryl methyl sites for hydroxylation is 2. The standard InChI is InChI=1S/C12H20N4O/c1-7(6-9-4-5-9)14-12(17)11-10(13)8(2)15-16(11)3/h7,9H,4-6,13H2,1-3H3,(H,14,17). The highest BCUT2D eigenvalue weighted by Gasteiger charge is 2.25. The van der Waals surface area contributed by atoms with Crippen molar-refractivity contribution in [2.24, 2.45) is 13.0 Å². The fraction of sp³-hybridized carbons (Fsp3) is 0.667. The molecule has 1 amide bonds. The summed E-state index contributed by atoms with van der Waals surface area (Å²) in [5.74, 6) is 0.676. The van der Waals surface area contributed by atoms with E-state index >= 15 is 0 Å². The van der Waals surface area contributed by atoms with Crippen molar-refractivity contribution in [2.75, 3.05) is 5.73 Å². The summed E-state index contributed by atoms with van der Waals surface area (Å²) >= 11 is 0. The van der Waals surface area contributed by atoms with Gasteiger partial charge in [0.1, 0.15) is 5.69 Å². The van der Waals surface area contributed by atoms with Gasteiger partial charge in [-0.15, -0.1) is 0 Å². The van der Waals surface area contributed by atoms with E-state index in [0.717, 1.165) is 12.3 Å². The van der Waals surface area contributed by atoms with Crippen molar-refractivity contribution >= 4 is 11.6 Å². The molecule has 0 bridgehead atoms. The van der Waals surface area contributed by atoms with Crippen LogP contribution >= 0.6 is 0 Å². The largest absolute Gasteiger partial charge is 0.395 e. The normalized spacial score (nSPS) is 16.9. The molecular formula is C12H20N4O. The first-order chi connectivity index (χ1) is 7.99. The van der Waals surface area contributed by atoms with Crippen LogP contribution in [0.1, 0.15) is 42.4 Å². The van der Waals surface area contributed by atoms with Gasteiger partial charge in [0.15, 0.2) is 0 Å². The van der Waals surface area contributed by atoms with E-state index in [9.17, 15) is 4.79 Å². The lowest BCUT2D eigenvalue weighted by atomic mass is 10.1. The van der Waals surface area contributed by atoms with Crippen LogP contribution in [0.2, 0.25) is 0 Å². The number of nitrogens with zero attached hydrogens (tertiary/aromatic N) is 2. The lowest BCUT2D eigenvalue weighted by Gasteiger charge is -2.13. The van der Waals surface area contributed by atoms with Crippen LogP contribution in [0.15, 0.2) is 0 Å². The maximum Gasteiger partial charge on any atom is 0.271 e. The molecule has 5 nitrogen and oxygen atoms in total. The number of nitrogen functional groups attached to an aromatic ring is 1. The van der Waals surface area contributed by atoms with Crippen LogP contribution in [0.4, 0.5) is 5.69 Å². The highest BCUT2D eigenvalue weighted by atomic mass is 16.2. The van der Waals surface area contributed by atoms with Gasteiger partial charge in [0.05, 0.1) is 11.4 Å². The zero-order valence-corrected chi connectivity index (χ0v) is 10.7. The third-order valence-corrected chi connectivity index (χ3v) is 3.24. The molecule has 1 fully saturated rings. The summed E-state index contributed by atoms with van der Waals surface area (Å²) < 4.78 is 1.55. The molecule has 1 aliphatic rings. The van der Waals surface area contributed by atoms with Gasteiger partial charge in [-0.2, -0.15) is 5.10 Å². The zero-order chi connectivity index (χ0) is 12.6. The first-order valence-corrected chi connectivity index (χ1v) is 6.09. The Hall–Kier alpha value is -1.52. The highest BCUT2D eigenvalue weighted by Crippen LogP contribution is 2.33. The lowest BCUT2D eigenvalue weighted by Crippen LogP contribution is -2.34. The summed E-state index contributed by atoms with van der Waals surface area (Å²) in [5, 5.41) is 7.13. The van der Waals surface area contributed by atoms with E-state index in [0.29, 0.717) is 17.1 Å². The van der Waals surface area contributed by atoms with E-state index in [1.807, 2.05) is 6.92 Å². The molecule has 94 valence electrons. The zero-order valence-electron chi connectivity index (χ0n) is 10.7. The topological polar surface area (TPSA) is 72.9 Å². The molecule has 0 aliphatic heterocycles. The maximum absolute atomic E-state index is 12.1. The lowest BCUT2D eigenvalue weighted by molar-refractivity contribution is 0.0929. The second kappa shape index (κ2) is 4.39. The molecule has 1 heterocycles. The van der Waals surface area contributed by atoms with Crippen LogP contribution in [-0.2, 0) is 7.05 Å². The van der Waals surface area contributed by atoms with Crippen molar-refractivity contribution in [3.05, 3.63) is 11.4 Å². The van der Waals surface area contributed by atoms with Crippen molar-refractivity contribution in [2.45, 2.75) is 39.2 Å². The van der Waals surface area contributed by atoms with E-state index < -0.39 is 0 Å². The first-order valence-electron chi connectivity index (χ1n) is 6.09. The van der Waals surface area contributed by atoms with E-state index in [1.165, 1.54) is 12.8 Å². The number of aromatic nitrogens is 2. The molecule has 1 atom stereocenters. The number of nitrogens with two attached hydrogens (primary N) is 1. The van der Waals surface area contributed by atoms with Gasteiger partial charge in [-0.1, -0.05) is 12.8 Å². The molecular weight excluding hydrogens is 216 g/mol. The summed E-state index contributed by atoms with van der Waals surface area (Å²) in [7, 11) is 1.74. The van der Waals surface area contributed by atoms with Gasteiger partial charge in [0.2, 0.25) is 0 Å². The van der Waals surface area contributed by atoms with Crippen molar-refractivity contribution in [3.8, 4) is 0 Å². The molecule has 0 spiro atoms. The van der Waals surface area contributed by atoms with Crippen molar-refractivity contribution in [1.29, 1.82) is 0 Å².